The summed E-state index contributed by atoms with van der Waals surface area (Å²) in [5, 5.41) is 9.30. The fourth-order valence-corrected chi connectivity index (χ4v) is 6.30. The van der Waals surface area contributed by atoms with Crippen LogP contribution < -0.4 is 5.32 Å². The molecule has 1 aliphatic heterocycles. The van der Waals surface area contributed by atoms with Gasteiger partial charge in [0, 0.05) is 22.0 Å². The van der Waals surface area contributed by atoms with Gasteiger partial charge >= 0.3 is 0 Å². The minimum atomic E-state index is 0.450. The Labute approximate surface area is 181 Å². The zero-order chi connectivity index (χ0) is 20.8. The normalized spacial score (nSPS) is 15.8. The third kappa shape index (κ3) is 3.36. The van der Waals surface area contributed by atoms with Crippen LogP contribution in [0.1, 0.15) is 60.6 Å². The molecule has 1 aliphatic rings. The van der Waals surface area contributed by atoms with E-state index in [0.29, 0.717) is 5.92 Å². The van der Waals surface area contributed by atoms with Crippen molar-refractivity contribution >= 4 is 27.2 Å². The van der Waals surface area contributed by atoms with Crippen LogP contribution >= 0.6 is 11.3 Å². The lowest BCUT2D eigenvalue weighted by Gasteiger charge is -2.22. The summed E-state index contributed by atoms with van der Waals surface area (Å²) in [5.41, 5.74) is 7.42. The SMILES string of the molecule is Cc1c(CCC2CCNCC2)sc2[nH]c(-c3cc(C)c4ncnn4c3)c(C(C)C)c12. The van der Waals surface area contributed by atoms with Crippen LogP contribution in [-0.4, -0.2) is 32.7 Å². The maximum absolute atomic E-state index is 4.37. The van der Waals surface area contributed by atoms with E-state index >= 15 is 0 Å². The molecule has 4 aromatic rings. The molecular weight excluding hydrogens is 390 g/mol. The highest BCUT2D eigenvalue weighted by atomic mass is 32.1. The van der Waals surface area contributed by atoms with Gasteiger partial charge in [-0.25, -0.2) is 9.50 Å². The van der Waals surface area contributed by atoms with E-state index in [4.69, 9.17) is 0 Å². The second-order valence-corrected chi connectivity index (χ2v) is 10.2. The molecule has 4 aromatic heterocycles. The van der Waals surface area contributed by atoms with Gasteiger partial charge in [-0.1, -0.05) is 13.8 Å². The lowest BCUT2D eigenvalue weighted by molar-refractivity contribution is 0.355. The molecule has 0 amide bonds. The van der Waals surface area contributed by atoms with Crippen molar-refractivity contribution in [2.75, 3.05) is 13.1 Å². The summed E-state index contributed by atoms with van der Waals surface area (Å²) in [6, 6.07) is 2.23. The monoisotopic (exact) mass is 421 g/mol. The second kappa shape index (κ2) is 7.82. The van der Waals surface area contributed by atoms with Gasteiger partial charge in [0.05, 0.1) is 5.69 Å². The molecule has 0 aliphatic carbocycles. The number of hydrogen-bond acceptors (Lipinski definition) is 4. The summed E-state index contributed by atoms with van der Waals surface area (Å²) < 4.78 is 1.89. The van der Waals surface area contributed by atoms with E-state index in [-0.39, 0.29) is 0 Å². The van der Waals surface area contributed by atoms with Crippen LogP contribution in [-0.2, 0) is 6.42 Å². The number of nitrogens with one attached hydrogen (secondary N) is 2. The lowest BCUT2D eigenvalue weighted by Crippen LogP contribution is -2.27. The van der Waals surface area contributed by atoms with Crippen LogP contribution in [0.3, 0.4) is 0 Å². The summed E-state index contributed by atoms with van der Waals surface area (Å²) in [6.45, 7) is 11.4. The molecule has 5 heterocycles. The summed E-state index contributed by atoms with van der Waals surface area (Å²) in [5.74, 6) is 1.33. The van der Waals surface area contributed by atoms with Gasteiger partial charge < -0.3 is 10.3 Å². The predicted octanol–water partition coefficient (Wildman–Crippen LogP) is 5.61. The molecule has 1 fully saturated rings. The molecule has 0 unspecified atom stereocenters. The van der Waals surface area contributed by atoms with Crippen molar-refractivity contribution in [1.29, 1.82) is 0 Å². The average molecular weight is 422 g/mol. The van der Waals surface area contributed by atoms with E-state index < -0.39 is 0 Å². The fraction of sp³-hybridized carbons (Fsp3) is 0.500. The molecule has 0 bridgehead atoms. The number of rotatable bonds is 5. The number of hydrogen-bond donors (Lipinski definition) is 2. The average Bonchev–Trinajstić information content (AvgIpc) is 3.42. The van der Waals surface area contributed by atoms with Crippen molar-refractivity contribution < 1.29 is 0 Å². The fourth-order valence-electron chi connectivity index (χ4n) is 5.06. The molecule has 0 saturated carbocycles. The van der Waals surface area contributed by atoms with Gasteiger partial charge in [0.1, 0.15) is 11.2 Å². The number of thiophene rings is 1. The van der Waals surface area contributed by atoms with Crippen LogP contribution in [0.15, 0.2) is 18.6 Å². The topological polar surface area (TPSA) is 58.0 Å². The van der Waals surface area contributed by atoms with E-state index in [1.165, 1.54) is 71.4 Å². The Bertz CT molecular complexity index is 1190. The van der Waals surface area contributed by atoms with E-state index in [1.54, 1.807) is 11.2 Å². The van der Waals surface area contributed by atoms with Gasteiger partial charge in [-0.3, -0.25) is 0 Å². The van der Waals surface area contributed by atoms with E-state index in [9.17, 15) is 0 Å². The van der Waals surface area contributed by atoms with Gasteiger partial charge in [0.2, 0.25) is 0 Å². The first-order chi connectivity index (χ1) is 14.5. The maximum Gasteiger partial charge on any atom is 0.158 e. The highest BCUT2D eigenvalue weighted by Crippen LogP contribution is 2.42. The van der Waals surface area contributed by atoms with E-state index in [1.807, 2.05) is 15.9 Å². The van der Waals surface area contributed by atoms with Crippen LogP contribution in [0.4, 0.5) is 0 Å². The number of aromatic amines is 1. The zero-order valence-corrected chi connectivity index (χ0v) is 19.2. The largest absolute Gasteiger partial charge is 0.346 e. The minimum absolute atomic E-state index is 0.450. The first kappa shape index (κ1) is 19.8. The third-order valence-electron chi connectivity index (χ3n) is 6.69. The van der Waals surface area contributed by atoms with E-state index in [2.05, 4.69) is 60.3 Å². The number of piperidine rings is 1. The van der Waals surface area contributed by atoms with Crippen molar-refractivity contribution in [2.45, 2.75) is 59.3 Å². The Hall–Kier alpha value is -2.18. The smallest absolute Gasteiger partial charge is 0.158 e. The zero-order valence-electron chi connectivity index (χ0n) is 18.4. The summed E-state index contributed by atoms with van der Waals surface area (Å²) in [6.07, 6.45) is 8.91. The van der Waals surface area contributed by atoms with Gasteiger partial charge in [0.15, 0.2) is 5.65 Å². The van der Waals surface area contributed by atoms with Gasteiger partial charge in [0.25, 0.3) is 0 Å². The van der Waals surface area contributed by atoms with Crippen molar-refractivity contribution in [3.05, 3.63) is 40.2 Å². The summed E-state index contributed by atoms with van der Waals surface area (Å²) in [4.78, 5) is 11.0. The molecule has 0 aromatic carbocycles. The number of aromatic nitrogens is 4. The van der Waals surface area contributed by atoms with Crippen molar-refractivity contribution in [3.8, 4) is 11.3 Å². The summed E-state index contributed by atoms with van der Waals surface area (Å²) >= 11 is 1.96. The van der Waals surface area contributed by atoms with E-state index in [0.717, 1.165) is 17.1 Å². The second-order valence-electron chi connectivity index (χ2n) is 9.09. The van der Waals surface area contributed by atoms with Gasteiger partial charge in [-0.15, -0.1) is 11.3 Å². The number of H-pyrrole nitrogens is 1. The molecule has 0 radical (unpaired) electrons. The molecule has 0 spiro atoms. The molecule has 0 atom stereocenters. The maximum atomic E-state index is 4.37. The van der Waals surface area contributed by atoms with Crippen molar-refractivity contribution in [1.82, 2.24) is 24.9 Å². The Balaban J connectivity index is 1.54. The molecule has 5 nitrogen and oxygen atoms in total. The van der Waals surface area contributed by atoms with Crippen LogP contribution in [0.5, 0.6) is 0 Å². The van der Waals surface area contributed by atoms with Crippen molar-refractivity contribution in [3.63, 3.8) is 0 Å². The third-order valence-corrected chi connectivity index (χ3v) is 7.95. The quantitative estimate of drug-likeness (QED) is 0.440. The molecule has 1 saturated heterocycles. The van der Waals surface area contributed by atoms with Crippen LogP contribution in [0, 0.1) is 19.8 Å². The molecule has 30 heavy (non-hydrogen) atoms. The number of pyridine rings is 1. The van der Waals surface area contributed by atoms with Crippen molar-refractivity contribution in [2.24, 2.45) is 5.92 Å². The standard InChI is InChI=1S/C24H31N5S/c1-14(2)20-21-16(4)19(6-5-17-7-9-25-10-8-17)30-24(21)28-22(20)18-11-15(3)23-26-13-27-29(23)12-18/h11-14,17,25,28H,5-10H2,1-4H3. The van der Waals surface area contributed by atoms with Gasteiger partial charge in [-0.05, 0) is 87.2 Å². The molecule has 5 rings (SSSR count). The molecular formula is C24H31N5S. The highest BCUT2D eigenvalue weighted by Gasteiger charge is 2.23. The number of nitrogens with zero attached hydrogens (tertiary/aromatic N) is 3. The molecule has 6 heteroatoms. The Morgan fingerprint density at radius 1 is 1.23 bits per heavy atom. The predicted molar refractivity (Wildman–Crippen MR) is 126 cm³/mol. The number of fused-ring (bicyclic) bond motifs is 2. The Kier molecular flexibility index (Phi) is 5.15. The van der Waals surface area contributed by atoms with Crippen LogP contribution in [0.2, 0.25) is 0 Å². The Morgan fingerprint density at radius 3 is 2.80 bits per heavy atom. The summed E-state index contributed by atoms with van der Waals surface area (Å²) in [7, 11) is 0. The molecule has 2 N–H and O–H groups in total. The minimum Gasteiger partial charge on any atom is -0.346 e. The van der Waals surface area contributed by atoms with Gasteiger partial charge in [-0.2, -0.15) is 5.10 Å². The first-order valence-electron chi connectivity index (χ1n) is 11.2. The first-order valence-corrected chi connectivity index (χ1v) is 12.0. The van der Waals surface area contributed by atoms with Crippen LogP contribution in [0.25, 0.3) is 27.1 Å². The lowest BCUT2D eigenvalue weighted by atomic mass is 9.91. The number of aryl methyl sites for hydroxylation is 3. The Morgan fingerprint density at radius 2 is 2.03 bits per heavy atom. The molecule has 158 valence electrons. The highest BCUT2D eigenvalue weighted by molar-refractivity contribution is 7.19.